The van der Waals surface area contributed by atoms with Crippen LogP contribution in [0.3, 0.4) is 0 Å². The van der Waals surface area contributed by atoms with Crippen molar-refractivity contribution in [3.63, 3.8) is 0 Å². The molecule has 1 aromatic rings. The lowest BCUT2D eigenvalue weighted by Crippen LogP contribution is -2.54. The summed E-state index contributed by atoms with van der Waals surface area (Å²) in [4.78, 5) is 48.2. The minimum absolute atomic E-state index is 0.121. The Labute approximate surface area is 132 Å². The van der Waals surface area contributed by atoms with Gasteiger partial charge in [-0.1, -0.05) is 0 Å². The van der Waals surface area contributed by atoms with Gasteiger partial charge < -0.3 is 10.4 Å². The second-order valence-corrected chi connectivity index (χ2v) is 6.09. The lowest BCUT2D eigenvalue weighted by atomic mass is 9.74. The van der Waals surface area contributed by atoms with Crippen LogP contribution in [0.4, 0.5) is 0 Å². The van der Waals surface area contributed by atoms with Gasteiger partial charge in [0.15, 0.2) is 0 Å². The van der Waals surface area contributed by atoms with Crippen molar-refractivity contribution in [2.75, 3.05) is 7.05 Å². The zero-order chi connectivity index (χ0) is 16.8. The third-order valence-corrected chi connectivity index (χ3v) is 4.53. The summed E-state index contributed by atoms with van der Waals surface area (Å²) in [7, 11) is 1.39. The Balaban J connectivity index is 1.83. The zero-order valence-electron chi connectivity index (χ0n) is 12.6. The number of rotatable bonds is 4. The van der Waals surface area contributed by atoms with E-state index in [1.54, 1.807) is 0 Å². The number of nitrogens with zero attached hydrogens (tertiary/aromatic N) is 1. The van der Waals surface area contributed by atoms with Crippen LogP contribution in [0.25, 0.3) is 0 Å². The first-order valence-electron chi connectivity index (χ1n) is 7.34. The number of nitrogens with one attached hydrogen (secondary N) is 1. The number of carbonyl (C=O) groups is 4. The molecule has 1 aromatic carbocycles. The van der Waals surface area contributed by atoms with Gasteiger partial charge in [0, 0.05) is 12.6 Å². The van der Waals surface area contributed by atoms with Gasteiger partial charge in [-0.15, -0.1) is 0 Å². The molecule has 1 aliphatic heterocycles. The normalized spacial score (nSPS) is 18.4. The number of amides is 3. The van der Waals surface area contributed by atoms with Crippen molar-refractivity contribution < 1.29 is 24.3 Å². The Bertz CT molecular complexity index is 736. The van der Waals surface area contributed by atoms with Crippen molar-refractivity contribution in [3.8, 4) is 0 Å². The van der Waals surface area contributed by atoms with Crippen LogP contribution in [0.5, 0.6) is 0 Å². The summed E-state index contributed by atoms with van der Waals surface area (Å²) in [5.74, 6) is -2.22. The molecule has 23 heavy (non-hydrogen) atoms. The predicted molar refractivity (Wildman–Crippen MR) is 79.2 cm³/mol. The number of hydrogen-bond acceptors (Lipinski definition) is 4. The van der Waals surface area contributed by atoms with E-state index in [0.29, 0.717) is 12.8 Å². The average molecular weight is 316 g/mol. The number of carbonyl (C=O) groups excluding carboxylic acids is 3. The maximum absolute atomic E-state index is 12.4. The molecule has 0 atom stereocenters. The van der Waals surface area contributed by atoms with Crippen LogP contribution in [0.2, 0.25) is 0 Å². The fraction of sp³-hybridized carbons (Fsp3) is 0.375. The maximum atomic E-state index is 12.4. The number of imide groups is 1. The van der Waals surface area contributed by atoms with Gasteiger partial charge in [0.2, 0.25) is 0 Å². The van der Waals surface area contributed by atoms with E-state index in [1.807, 2.05) is 0 Å². The van der Waals surface area contributed by atoms with E-state index in [2.05, 4.69) is 5.32 Å². The summed E-state index contributed by atoms with van der Waals surface area (Å²) in [6, 6.07) is 4.33. The van der Waals surface area contributed by atoms with Crippen LogP contribution in [-0.2, 0) is 4.79 Å². The Hall–Kier alpha value is -2.70. The van der Waals surface area contributed by atoms with E-state index < -0.39 is 29.2 Å². The largest absolute Gasteiger partial charge is 0.481 e. The molecule has 0 saturated heterocycles. The molecule has 2 N–H and O–H groups in total. The van der Waals surface area contributed by atoms with Crippen molar-refractivity contribution in [1.29, 1.82) is 0 Å². The molecule has 0 bridgehead atoms. The topological polar surface area (TPSA) is 104 Å². The molecular weight excluding hydrogens is 300 g/mol. The summed E-state index contributed by atoms with van der Waals surface area (Å²) >= 11 is 0. The van der Waals surface area contributed by atoms with Crippen molar-refractivity contribution in [3.05, 3.63) is 34.9 Å². The molecule has 120 valence electrons. The van der Waals surface area contributed by atoms with Gasteiger partial charge in [-0.3, -0.25) is 24.1 Å². The molecule has 3 rings (SSSR count). The van der Waals surface area contributed by atoms with Gasteiger partial charge in [0.25, 0.3) is 17.7 Å². The van der Waals surface area contributed by atoms with Crippen LogP contribution in [0.1, 0.15) is 56.8 Å². The Kier molecular flexibility index (Phi) is 3.43. The number of carboxylic acids is 1. The Morgan fingerprint density at radius 2 is 1.87 bits per heavy atom. The Morgan fingerprint density at radius 1 is 1.22 bits per heavy atom. The standard InChI is InChI=1S/C16H16N2O5/c1-18-14(22)10-4-3-9(7-11(10)15(18)23)13(21)17-16(5-2-6-16)8-12(19)20/h3-4,7H,2,5-6,8H2,1H3,(H,17,21)(H,19,20). The van der Waals surface area contributed by atoms with Gasteiger partial charge in [0.1, 0.15) is 0 Å². The molecule has 0 unspecified atom stereocenters. The second-order valence-electron chi connectivity index (χ2n) is 6.09. The molecule has 2 aliphatic rings. The van der Waals surface area contributed by atoms with Gasteiger partial charge in [-0.25, -0.2) is 0 Å². The summed E-state index contributed by atoms with van der Waals surface area (Å²) in [6.07, 6.45) is 1.99. The maximum Gasteiger partial charge on any atom is 0.305 e. The van der Waals surface area contributed by atoms with E-state index in [9.17, 15) is 19.2 Å². The first-order valence-corrected chi connectivity index (χ1v) is 7.34. The molecule has 7 heteroatoms. The first-order chi connectivity index (χ1) is 10.8. The number of aliphatic carboxylic acids is 1. The van der Waals surface area contributed by atoms with Crippen molar-refractivity contribution >= 4 is 23.7 Å². The zero-order valence-corrected chi connectivity index (χ0v) is 12.6. The first kappa shape index (κ1) is 15.2. The van der Waals surface area contributed by atoms with Crippen LogP contribution in [0.15, 0.2) is 18.2 Å². The van der Waals surface area contributed by atoms with E-state index in [1.165, 1.54) is 25.2 Å². The fourth-order valence-corrected chi connectivity index (χ4v) is 3.05. The lowest BCUT2D eigenvalue weighted by Gasteiger charge is -2.41. The van der Waals surface area contributed by atoms with Crippen LogP contribution < -0.4 is 5.32 Å². The van der Waals surface area contributed by atoms with Crippen LogP contribution in [-0.4, -0.2) is 46.3 Å². The molecule has 1 aliphatic carbocycles. The minimum Gasteiger partial charge on any atom is -0.481 e. The molecule has 1 fully saturated rings. The molecule has 3 amide bonds. The van der Waals surface area contributed by atoms with E-state index in [0.717, 1.165) is 11.3 Å². The van der Waals surface area contributed by atoms with E-state index in [4.69, 9.17) is 5.11 Å². The quantitative estimate of drug-likeness (QED) is 0.808. The summed E-state index contributed by atoms with van der Waals surface area (Å²) in [5.41, 5.74) is 0.0132. The molecule has 1 heterocycles. The lowest BCUT2D eigenvalue weighted by molar-refractivity contribution is -0.139. The molecule has 0 radical (unpaired) electrons. The second kappa shape index (κ2) is 5.19. The van der Waals surface area contributed by atoms with Crippen molar-refractivity contribution in [1.82, 2.24) is 10.2 Å². The molecule has 0 aromatic heterocycles. The van der Waals surface area contributed by atoms with Gasteiger partial charge in [-0.2, -0.15) is 0 Å². The molecular formula is C16H16N2O5. The van der Waals surface area contributed by atoms with E-state index >= 15 is 0 Å². The van der Waals surface area contributed by atoms with Crippen LogP contribution >= 0.6 is 0 Å². The number of hydrogen-bond donors (Lipinski definition) is 2. The monoisotopic (exact) mass is 316 g/mol. The van der Waals surface area contributed by atoms with E-state index in [-0.39, 0.29) is 23.1 Å². The highest BCUT2D eigenvalue weighted by Gasteiger charge is 2.41. The number of carboxylic acid groups (broad SMARTS) is 1. The summed E-state index contributed by atoms with van der Waals surface area (Å²) in [5, 5.41) is 11.8. The molecule has 0 spiro atoms. The highest BCUT2D eigenvalue weighted by atomic mass is 16.4. The molecule has 1 saturated carbocycles. The Morgan fingerprint density at radius 3 is 2.43 bits per heavy atom. The van der Waals surface area contributed by atoms with Crippen molar-refractivity contribution in [2.24, 2.45) is 0 Å². The average Bonchev–Trinajstić information content (AvgIpc) is 2.69. The predicted octanol–water partition coefficient (Wildman–Crippen LogP) is 1.04. The minimum atomic E-state index is -0.957. The van der Waals surface area contributed by atoms with Crippen LogP contribution in [0, 0.1) is 0 Å². The fourth-order valence-electron chi connectivity index (χ4n) is 3.05. The SMILES string of the molecule is CN1C(=O)c2ccc(C(=O)NC3(CC(=O)O)CCC3)cc2C1=O. The summed E-state index contributed by atoms with van der Waals surface area (Å²) < 4.78 is 0. The number of benzene rings is 1. The van der Waals surface area contributed by atoms with Gasteiger partial charge >= 0.3 is 5.97 Å². The van der Waals surface area contributed by atoms with Gasteiger partial charge in [0.05, 0.1) is 23.1 Å². The highest BCUT2D eigenvalue weighted by molar-refractivity contribution is 6.21. The number of fused-ring (bicyclic) bond motifs is 1. The third kappa shape index (κ3) is 2.48. The van der Waals surface area contributed by atoms with Crippen molar-refractivity contribution in [2.45, 2.75) is 31.2 Å². The third-order valence-electron chi connectivity index (χ3n) is 4.53. The summed E-state index contributed by atoms with van der Waals surface area (Å²) in [6.45, 7) is 0. The van der Waals surface area contributed by atoms with Gasteiger partial charge in [-0.05, 0) is 37.5 Å². The smallest absolute Gasteiger partial charge is 0.305 e. The molecule has 7 nitrogen and oxygen atoms in total. The highest BCUT2D eigenvalue weighted by Crippen LogP contribution is 2.35.